The quantitative estimate of drug-likeness (QED) is 0.419. The summed E-state index contributed by atoms with van der Waals surface area (Å²) in [5, 5.41) is 8.84. The minimum absolute atomic E-state index is 0.347. The van der Waals surface area contributed by atoms with Crippen molar-refractivity contribution in [2.45, 2.75) is 13.8 Å². The third kappa shape index (κ3) is 4.03. The largest absolute Gasteiger partial charge is 0.465 e. The van der Waals surface area contributed by atoms with Crippen LogP contribution in [0.1, 0.15) is 21.5 Å². The molecule has 0 aliphatic heterocycles. The van der Waals surface area contributed by atoms with Crippen LogP contribution in [0, 0.1) is 13.8 Å². The maximum Gasteiger partial charge on any atom is 0.337 e. The molecule has 0 saturated heterocycles. The van der Waals surface area contributed by atoms with Crippen LogP contribution in [0.3, 0.4) is 0 Å². The van der Waals surface area contributed by atoms with Crippen molar-refractivity contribution in [2.75, 3.05) is 7.11 Å². The Morgan fingerprint density at radius 3 is 2.27 bits per heavy atom. The third-order valence-electron chi connectivity index (χ3n) is 4.05. The van der Waals surface area contributed by atoms with Crippen molar-refractivity contribution in [3.63, 3.8) is 0 Å². The van der Waals surface area contributed by atoms with Crippen molar-refractivity contribution in [1.82, 2.24) is 0 Å². The molecule has 4 heteroatoms. The van der Waals surface area contributed by atoms with Gasteiger partial charge in [-0.1, -0.05) is 36.4 Å². The average Bonchev–Trinajstić information content (AvgIpc) is 2.66. The molecule has 0 heterocycles. The Balaban J connectivity index is 1.97. The number of carbonyl (C=O) groups is 1. The molecule has 0 aromatic heterocycles. The van der Waals surface area contributed by atoms with E-state index in [0.717, 1.165) is 33.6 Å². The maximum absolute atomic E-state index is 11.6. The van der Waals surface area contributed by atoms with E-state index in [9.17, 15) is 4.79 Å². The molecule has 0 amide bonds. The van der Waals surface area contributed by atoms with Crippen molar-refractivity contribution in [3.05, 3.63) is 83.4 Å². The van der Waals surface area contributed by atoms with Gasteiger partial charge in [0.25, 0.3) is 0 Å². The monoisotopic (exact) mass is 344 g/mol. The molecule has 0 aliphatic carbocycles. The molecule has 26 heavy (non-hydrogen) atoms. The van der Waals surface area contributed by atoms with E-state index in [4.69, 9.17) is 4.74 Å². The molecular formula is C22H20N2O2. The SMILES string of the molecule is COC(=O)c1ccc(-c2ccc(C)cc2N=Nc2cccc(C)c2)cc1. The Morgan fingerprint density at radius 2 is 1.58 bits per heavy atom. The molecule has 3 rings (SSSR count). The number of esters is 1. The van der Waals surface area contributed by atoms with Crippen LogP contribution < -0.4 is 0 Å². The first-order valence-electron chi connectivity index (χ1n) is 8.34. The van der Waals surface area contributed by atoms with Gasteiger partial charge >= 0.3 is 5.97 Å². The van der Waals surface area contributed by atoms with Crippen molar-refractivity contribution < 1.29 is 9.53 Å². The summed E-state index contributed by atoms with van der Waals surface area (Å²) in [6.45, 7) is 4.05. The molecule has 0 aliphatic rings. The number of aryl methyl sites for hydroxylation is 2. The van der Waals surface area contributed by atoms with Gasteiger partial charge in [-0.3, -0.25) is 0 Å². The average molecular weight is 344 g/mol. The number of carbonyl (C=O) groups excluding carboxylic acids is 1. The topological polar surface area (TPSA) is 51.0 Å². The standard InChI is InChI=1S/C22H20N2O2/c1-15-5-4-6-19(13-15)23-24-21-14-16(2)7-12-20(21)17-8-10-18(11-9-17)22(25)26-3/h4-14H,1-3H3. The highest BCUT2D eigenvalue weighted by atomic mass is 16.5. The fraction of sp³-hybridized carbons (Fsp3) is 0.136. The Kier molecular flexibility index (Phi) is 5.23. The minimum Gasteiger partial charge on any atom is -0.465 e. The van der Waals surface area contributed by atoms with Gasteiger partial charge in [0.1, 0.15) is 0 Å². The van der Waals surface area contributed by atoms with Crippen LogP contribution in [0.15, 0.2) is 77.0 Å². The molecule has 0 unspecified atom stereocenters. The van der Waals surface area contributed by atoms with Crippen molar-refractivity contribution in [1.29, 1.82) is 0 Å². The fourth-order valence-corrected chi connectivity index (χ4v) is 2.67. The fourth-order valence-electron chi connectivity index (χ4n) is 2.67. The zero-order valence-electron chi connectivity index (χ0n) is 15.1. The van der Waals surface area contributed by atoms with Gasteiger partial charge in [-0.15, -0.1) is 5.11 Å². The molecule has 0 spiro atoms. The van der Waals surface area contributed by atoms with Gasteiger partial charge in [0.15, 0.2) is 0 Å². The summed E-state index contributed by atoms with van der Waals surface area (Å²) in [7, 11) is 1.38. The zero-order valence-corrected chi connectivity index (χ0v) is 15.1. The predicted octanol–water partition coefficient (Wildman–Crippen LogP) is 6.17. The van der Waals surface area contributed by atoms with Crippen LogP contribution in [0.2, 0.25) is 0 Å². The Hall–Kier alpha value is -3.27. The van der Waals surface area contributed by atoms with Crippen LogP contribution in [0.5, 0.6) is 0 Å². The summed E-state index contributed by atoms with van der Waals surface area (Å²) in [4.78, 5) is 11.6. The highest BCUT2D eigenvalue weighted by molar-refractivity contribution is 5.90. The highest BCUT2D eigenvalue weighted by Crippen LogP contribution is 2.32. The second-order valence-corrected chi connectivity index (χ2v) is 6.13. The van der Waals surface area contributed by atoms with Crippen LogP contribution in [0.4, 0.5) is 11.4 Å². The number of nitrogens with zero attached hydrogens (tertiary/aromatic N) is 2. The lowest BCUT2D eigenvalue weighted by Gasteiger charge is -2.07. The summed E-state index contributed by atoms with van der Waals surface area (Å²) in [5.41, 5.74) is 6.31. The zero-order chi connectivity index (χ0) is 18.5. The molecule has 0 N–H and O–H groups in total. The highest BCUT2D eigenvalue weighted by Gasteiger charge is 2.08. The Bertz CT molecular complexity index is 960. The first-order chi connectivity index (χ1) is 12.6. The lowest BCUT2D eigenvalue weighted by atomic mass is 10.0. The van der Waals surface area contributed by atoms with Crippen LogP contribution >= 0.6 is 0 Å². The summed E-state index contributed by atoms with van der Waals surface area (Å²) < 4.78 is 4.75. The molecule has 0 saturated carbocycles. The van der Waals surface area contributed by atoms with Crippen molar-refractivity contribution in [2.24, 2.45) is 10.2 Å². The summed E-state index contributed by atoms with van der Waals surface area (Å²) in [6.07, 6.45) is 0. The number of methoxy groups -OCH3 is 1. The molecule has 0 fully saturated rings. The van der Waals surface area contributed by atoms with Gasteiger partial charge in [-0.25, -0.2) is 4.79 Å². The van der Waals surface area contributed by atoms with Gasteiger partial charge < -0.3 is 4.74 Å². The number of hydrogen-bond acceptors (Lipinski definition) is 4. The number of ether oxygens (including phenoxy) is 1. The van der Waals surface area contributed by atoms with E-state index in [2.05, 4.69) is 10.2 Å². The van der Waals surface area contributed by atoms with E-state index in [0.29, 0.717) is 5.56 Å². The van der Waals surface area contributed by atoms with Crippen LogP contribution in [-0.4, -0.2) is 13.1 Å². The lowest BCUT2D eigenvalue weighted by molar-refractivity contribution is 0.0601. The molecule has 0 atom stereocenters. The second-order valence-electron chi connectivity index (χ2n) is 6.13. The van der Waals surface area contributed by atoms with E-state index in [-0.39, 0.29) is 5.97 Å². The smallest absolute Gasteiger partial charge is 0.337 e. The first kappa shape index (κ1) is 17.5. The number of hydrogen-bond donors (Lipinski definition) is 0. The minimum atomic E-state index is -0.347. The van der Waals surface area contributed by atoms with Crippen molar-refractivity contribution >= 4 is 17.3 Å². The normalized spacial score (nSPS) is 10.9. The molecule has 0 radical (unpaired) electrons. The first-order valence-corrected chi connectivity index (χ1v) is 8.34. The number of benzene rings is 3. The molecule has 3 aromatic rings. The van der Waals surface area contributed by atoms with E-state index >= 15 is 0 Å². The second kappa shape index (κ2) is 7.74. The van der Waals surface area contributed by atoms with E-state index < -0.39 is 0 Å². The van der Waals surface area contributed by atoms with E-state index in [1.807, 2.05) is 68.4 Å². The number of rotatable bonds is 4. The third-order valence-corrected chi connectivity index (χ3v) is 4.05. The molecular weight excluding hydrogens is 324 g/mol. The Labute approximate surface area is 153 Å². The summed E-state index contributed by atoms with van der Waals surface area (Å²) >= 11 is 0. The van der Waals surface area contributed by atoms with E-state index in [1.54, 1.807) is 12.1 Å². The molecule has 4 nitrogen and oxygen atoms in total. The molecule has 130 valence electrons. The van der Waals surface area contributed by atoms with Crippen molar-refractivity contribution in [3.8, 4) is 11.1 Å². The molecule has 0 bridgehead atoms. The Morgan fingerprint density at radius 1 is 0.846 bits per heavy atom. The molecule has 3 aromatic carbocycles. The van der Waals surface area contributed by atoms with Gasteiger partial charge in [0.05, 0.1) is 24.0 Å². The van der Waals surface area contributed by atoms with Gasteiger partial charge in [-0.2, -0.15) is 5.11 Å². The van der Waals surface area contributed by atoms with E-state index in [1.165, 1.54) is 7.11 Å². The van der Waals surface area contributed by atoms with Crippen LogP contribution in [0.25, 0.3) is 11.1 Å². The van der Waals surface area contributed by atoms with Gasteiger partial charge in [-0.05, 0) is 60.9 Å². The maximum atomic E-state index is 11.6. The summed E-state index contributed by atoms with van der Waals surface area (Å²) in [6, 6.07) is 21.3. The number of azo groups is 1. The van der Waals surface area contributed by atoms with Gasteiger partial charge in [0.2, 0.25) is 0 Å². The predicted molar refractivity (Wildman–Crippen MR) is 103 cm³/mol. The lowest BCUT2D eigenvalue weighted by Crippen LogP contribution is -2.00. The summed E-state index contributed by atoms with van der Waals surface area (Å²) in [5.74, 6) is -0.347. The van der Waals surface area contributed by atoms with Crippen LogP contribution in [-0.2, 0) is 4.74 Å². The van der Waals surface area contributed by atoms with Gasteiger partial charge in [0, 0.05) is 5.56 Å².